The van der Waals surface area contributed by atoms with Gasteiger partial charge in [0.2, 0.25) is 11.8 Å². The Morgan fingerprint density at radius 1 is 0.969 bits per heavy atom. The van der Waals surface area contributed by atoms with E-state index in [1.54, 1.807) is 72.1 Å². The number of alkyl carbamates (subject to hydrolysis) is 1. The monoisotopic (exact) mass is 894 g/mol. The highest BCUT2D eigenvalue weighted by Gasteiger charge is 2.62. The molecule has 3 aromatic carbocycles. The Labute approximate surface area is 374 Å². The molecule has 0 unspecified atom stereocenters. The van der Waals surface area contributed by atoms with Gasteiger partial charge >= 0.3 is 6.09 Å². The number of hydrogen-bond donors (Lipinski definition) is 4. The zero-order chi connectivity index (χ0) is 45.8. The van der Waals surface area contributed by atoms with Crippen LogP contribution in [0.3, 0.4) is 0 Å². The van der Waals surface area contributed by atoms with E-state index in [0.29, 0.717) is 40.3 Å². The second kappa shape index (κ2) is 18.9. The molecule has 7 rings (SSSR count). The molecule has 4 aromatic rings. The highest BCUT2D eigenvalue weighted by molar-refractivity contribution is 7.90. The smallest absolute Gasteiger partial charge is 0.408 e. The van der Waals surface area contributed by atoms with E-state index in [2.05, 4.69) is 20.7 Å². The van der Waals surface area contributed by atoms with Crippen molar-refractivity contribution in [3.05, 3.63) is 91.0 Å². The van der Waals surface area contributed by atoms with Crippen LogP contribution >= 0.6 is 0 Å². The van der Waals surface area contributed by atoms with Gasteiger partial charge in [0.25, 0.3) is 15.9 Å². The van der Waals surface area contributed by atoms with Crippen LogP contribution in [0.5, 0.6) is 11.5 Å². The van der Waals surface area contributed by atoms with Crippen molar-refractivity contribution in [1.82, 2.24) is 25.2 Å². The van der Waals surface area contributed by atoms with Crippen LogP contribution in [0.15, 0.2) is 95.9 Å². The number of hydrogen-bond acceptors (Lipinski definition) is 11. The average Bonchev–Trinajstić information content (AvgIpc) is 3.79. The largest absolute Gasteiger partial charge is 0.497 e. The number of likely N-dealkylation sites (tertiary alicyclic amines) is 1. The van der Waals surface area contributed by atoms with Crippen molar-refractivity contribution in [2.45, 2.75) is 107 Å². The molecule has 340 valence electrons. The molecule has 3 aliphatic rings. The van der Waals surface area contributed by atoms with Crippen molar-refractivity contribution in [2.75, 3.05) is 25.5 Å². The molecule has 4 amide bonds. The number of para-hydroxylation sites is 1. The molecule has 4 N–H and O–H groups in total. The van der Waals surface area contributed by atoms with Crippen LogP contribution < -0.4 is 30.1 Å². The summed E-state index contributed by atoms with van der Waals surface area (Å²) in [6, 6.07) is 20.9. The molecular formula is C48H58N6O9S. The van der Waals surface area contributed by atoms with E-state index < -0.39 is 75.0 Å². The van der Waals surface area contributed by atoms with E-state index >= 15 is 0 Å². The number of carbonyl (C=O) groups excluding carboxylic acids is 4. The number of aromatic nitrogens is 1. The number of amides is 4. The Bertz CT molecular complexity index is 2530. The van der Waals surface area contributed by atoms with E-state index in [1.165, 1.54) is 11.0 Å². The first kappa shape index (κ1) is 45.9. The van der Waals surface area contributed by atoms with Crippen LogP contribution in [0, 0.1) is 11.8 Å². The highest BCUT2D eigenvalue weighted by atomic mass is 32.2. The van der Waals surface area contributed by atoms with Crippen LogP contribution in [0.1, 0.15) is 73.1 Å². The number of rotatable bonds is 9. The van der Waals surface area contributed by atoms with E-state index in [-0.39, 0.29) is 24.3 Å². The zero-order valence-corrected chi connectivity index (χ0v) is 38.0. The van der Waals surface area contributed by atoms with Crippen molar-refractivity contribution in [2.24, 2.45) is 11.8 Å². The third-order valence-electron chi connectivity index (χ3n) is 11.7. The SMILES string of the molecule is COc1ccc2c(O[C@@H]3C[C@@H](C(=O)N[C@]45C[C@H]4/C=C\CCCCCNc4ccccc4S(=O)(=O)NC5=O)N(C(=O)[C@@H](NC(=O)OC(C)(C)C)C(C)C)C3)cc(-c3ccccc3)nc2c1. The molecule has 0 spiro atoms. The Hall–Kier alpha value is -6.16. The number of methoxy groups -OCH3 is 1. The molecule has 0 bridgehead atoms. The predicted octanol–water partition coefficient (Wildman–Crippen LogP) is 6.73. The summed E-state index contributed by atoms with van der Waals surface area (Å²) in [5.74, 6) is -1.99. The summed E-state index contributed by atoms with van der Waals surface area (Å²) >= 11 is 0. The molecular weight excluding hydrogens is 837 g/mol. The Balaban J connectivity index is 1.23. The molecule has 64 heavy (non-hydrogen) atoms. The minimum absolute atomic E-state index is 0.00498. The van der Waals surface area contributed by atoms with Gasteiger partial charge in [-0.15, -0.1) is 0 Å². The number of benzene rings is 3. The molecule has 5 atom stereocenters. The molecule has 0 radical (unpaired) electrons. The van der Waals surface area contributed by atoms with Crippen molar-refractivity contribution in [3.8, 4) is 22.8 Å². The van der Waals surface area contributed by atoms with Crippen molar-refractivity contribution >= 4 is 50.4 Å². The number of fused-ring (bicyclic) bond motifs is 3. The summed E-state index contributed by atoms with van der Waals surface area (Å²) in [7, 11) is -2.82. The lowest BCUT2D eigenvalue weighted by atomic mass is 10.0. The van der Waals surface area contributed by atoms with E-state index in [1.807, 2.05) is 54.6 Å². The minimum atomic E-state index is -4.39. The first-order chi connectivity index (χ1) is 30.5. The van der Waals surface area contributed by atoms with Crippen LogP contribution in [0.25, 0.3) is 22.2 Å². The molecule has 1 saturated carbocycles. The maximum absolute atomic E-state index is 14.8. The first-order valence-corrected chi connectivity index (χ1v) is 23.4. The maximum Gasteiger partial charge on any atom is 0.408 e. The van der Waals surface area contributed by atoms with Crippen LogP contribution in [-0.2, 0) is 29.1 Å². The lowest BCUT2D eigenvalue weighted by molar-refractivity contribution is -0.141. The molecule has 1 aromatic heterocycles. The van der Waals surface area contributed by atoms with Gasteiger partial charge in [0.1, 0.15) is 45.7 Å². The van der Waals surface area contributed by atoms with Crippen LogP contribution in [-0.4, -0.2) is 91.6 Å². The fourth-order valence-corrected chi connectivity index (χ4v) is 9.51. The average molecular weight is 895 g/mol. The fraction of sp³-hybridized carbons (Fsp3) is 0.438. The van der Waals surface area contributed by atoms with Gasteiger partial charge in [-0.25, -0.2) is 22.9 Å². The molecule has 16 heteroatoms. The van der Waals surface area contributed by atoms with Gasteiger partial charge in [0.05, 0.1) is 30.6 Å². The fourth-order valence-electron chi connectivity index (χ4n) is 8.29. The second-order valence-corrected chi connectivity index (χ2v) is 19.7. The third kappa shape index (κ3) is 10.4. The van der Waals surface area contributed by atoms with Gasteiger partial charge in [-0.05, 0) is 76.6 Å². The summed E-state index contributed by atoms with van der Waals surface area (Å²) < 4.78 is 47.8. The van der Waals surface area contributed by atoms with Gasteiger partial charge in [-0.1, -0.05) is 74.9 Å². The van der Waals surface area contributed by atoms with Gasteiger partial charge in [-0.3, -0.25) is 14.4 Å². The number of allylic oxidation sites excluding steroid dienone is 1. The van der Waals surface area contributed by atoms with Gasteiger partial charge < -0.3 is 35.1 Å². The molecule has 1 aliphatic carbocycles. The molecule has 1 saturated heterocycles. The number of sulfonamides is 1. The summed E-state index contributed by atoms with van der Waals surface area (Å²) in [4.78, 5) is 63.2. The maximum atomic E-state index is 14.8. The molecule has 3 heterocycles. The number of ether oxygens (including phenoxy) is 3. The number of carbonyl (C=O) groups is 4. The standard InChI is InChI=1S/C48H58N6O9S/c1-30(2)42(51-46(58)63-47(3,4)5)44(56)54-29-34(62-40-27-37(31-17-11-10-12-18-31)50-38-25-33(61-6)22-23-35(38)40)26-39(54)43(55)52-48-28-32(48)19-13-8-7-9-16-24-49-36-20-14-15-21-41(36)64(59,60)53-45(48)57/h10-15,17-23,25,27,30,32,34,39,42,49H,7-9,16,24,26,28-29H2,1-6H3,(H,51,58)(H,52,55)(H,53,57)/b19-13-/t32-,34-,39+,42+,48-/m1/s1. The Morgan fingerprint density at radius 2 is 1.72 bits per heavy atom. The first-order valence-electron chi connectivity index (χ1n) is 21.9. The normalized spacial score (nSPS) is 23.1. The van der Waals surface area contributed by atoms with Gasteiger partial charge in [0.15, 0.2) is 0 Å². The van der Waals surface area contributed by atoms with E-state index in [0.717, 1.165) is 31.2 Å². The minimum Gasteiger partial charge on any atom is -0.497 e. The van der Waals surface area contributed by atoms with Crippen molar-refractivity contribution in [3.63, 3.8) is 0 Å². The van der Waals surface area contributed by atoms with E-state index in [9.17, 15) is 27.6 Å². The summed E-state index contributed by atoms with van der Waals surface area (Å²) in [5.41, 5.74) is -0.0254. The number of pyridine rings is 1. The zero-order valence-electron chi connectivity index (χ0n) is 37.2. The van der Waals surface area contributed by atoms with Gasteiger partial charge in [-0.2, -0.15) is 0 Å². The van der Waals surface area contributed by atoms with Gasteiger partial charge in [0, 0.05) is 42.0 Å². The predicted molar refractivity (Wildman–Crippen MR) is 243 cm³/mol. The Morgan fingerprint density at radius 3 is 2.45 bits per heavy atom. The van der Waals surface area contributed by atoms with Crippen LogP contribution in [0.2, 0.25) is 0 Å². The number of nitrogens with one attached hydrogen (secondary N) is 4. The quantitative estimate of drug-likeness (QED) is 0.130. The lowest BCUT2D eigenvalue weighted by Crippen LogP contribution is -2.59. The topological polar surface area (TPSA) is 194 Å². The molecule has 2 fully saturated rings. The molecule has 15 nitrogen and oxygen atoms in total. The summed E-state index contributed by atoms with van der Waals surface area (Å²) in [6.45, 7) is 9.19. The van der Waals surface area contributed by atoms with E-state index in [4.69, 9.17) is 19.2 Å². The highest BCUT2D eigenvalue weighted by Crippen LogP contribution is 2.46. The summed E-state index contributed by atoms with van der Waals surface area (Å²) in [5, 5.41) is 9.52. The van der Waals surface area contributed by atoms with Crippen molar-refractivity contribution < 1.29 is 41.8 Å². The lowest BCUT2D eigenvalue weighted by Gasteiger charge is -2.31. The van der Waals surface area contributed by atoms with Crippen molar-refractivity contribution in [1.29, 1.82) is 0 Å². The number of anilines is 1. The van der Waals surface area contributed by atoms with Crippen LogP contribution in [0.4, 0.5) is 10.5 Å². The third-order valence-corrected chi connectivity index (χ3v) is 13.1. The number of nitrogens with zero attached hydrogens (tertiary/aromatic N) is 2. The summed E-state index contributed by atoms with van der Waals surface area (Å²) in [6.07, 6.45) is 5.78. The second-order valence-electron chi connectivity index (χ2n) is 18.0. The Kier molecular flexibility index (Phi) is 13.5. The molecule has 2 aliphatic heterocycles.